The second-order valence-corrected chi connectivity index (χ2v) is 7.09. The predicted octanol–water partition coefficient (Wildman–Crippen LogP) is 2.78. The molecule has 1 fully saturated rings. The summed E-state index contributed by atoms with van der Waals surface area (Å²) in [5, 5.41) is 2.86. The van der Waals surface area contributed by atoms with Gasteiger partial charge in [-0.05, 0) is 49.4 Å². The summed E-state index contributed by atoms with van der Waals surface area (Å²) < 4.78 is 0. The van der Waals surface area contributed by atoms with E-state index in [-0.39, 0.29) is 17.7 Å². The maximum atomic E-state index is 12.6. The number of nitrogens with one attached hydrogen (secondary N) is 1. The van der Waals surface area contributed by atoms with Gasteiger partial charge < -0.3 is 16.0 Å². The van der Waals surface area contributed by atoms with Gasteiger partial charge >= 0.3 is 0 Å². The Bertz CT molecular complexity index is 804. The highest BCUT2D eigenvalue weighted by molar-refractivity contribution is 5.92. The topological polar surface area (TPSA) is 88.3 Å². The lowest BCUT2D eigenvalue weighted by atomic mass is 9.96. The van der Waals surface area contributed by atoms with Crippen LogP contribution in [-0.2, 0) is 16.0 Å². The summed E-state index contributed by atoms with van der Waals surface area (Å²) in [4.78, 5) is 31.1. The van der Waals surface area contributed by atoms with Gasteiger partial charge in [0.05, 0.1) is 5.92 Å². The molecule has 1 atom stereocenters. The van der Waals surface area contributed by atoms with Gasteiger partial charge in [0.25, 0.3) is 0 Å². The molecule has 3 N–H and O–H groups in total. The summed E-state index contributed by atoms with van der Waals surface area (Å²) in [5.41, 5.74) is 8.69. The fraction of sp³-hybridized carbons (Fsp3) is 0.381. The number of rotatable bonds is 5. The molecule has 27 heavy (non-hydrogen) atoms. The molecule has 6 heteroatoms. The van der Waals surface area contributed by atoms with Crippen LogP contribution in [0.5, 0.6) is 0 Å². The summed E-state index contributed by atoms with van der Waals surface area (Å²) in [5.74, 6) is 0.349. The lowest BCUT2D eigenvalue weighted by Crippen LogP contribution is -2.43. The van der Waals surface area contributed by atoms with Crippen molar-refractivity contribution in [1.82, 2.24) is 9.88 Å². The van der Waals surface area contributed by atoms with Crippen molar-refractivity contribution in [1.29, 1.82) is 0 Å². The molecule has 6 nitrogen and oxygen atoms in total. The molecule has 2 aromatic rings. The molecule has 0 spiro atoms. The standard InChI is InChI=1S/C21H26N4O2/c1-15-8-10-19(23-13-15)24-21(27)17-6-4-12-25(14-17)20(26)11-9-16-5-2-3-7-18(16)22/h2-3,5,7-8,10,13,17H,4,6,9,11-12,14,22H2,1H3,(H,23,24,27). The first-order valence-electron chi connectivity index (χ1n) is 9.37. The van der Waals surface area contributed by atoms with E-state index >= 15 is 0 Å². The molecule has 0 bridgehead atoms. The van der Waals surface area contributed by atoms with Crippen LogP contribution in [0.1, 0.15) is 30.4 Å². The van der Waals surface area contributed by atoms with E-state index in [1.165, 1.54) is 0 Å². The number of nitrogens with zero attached hydrogens (tertiary/aromatic N) is 2. The summed E-state index contributed by atoms with van der Waals surface area (Å²) in [6.45, 7) is 3.11. The van der Waals surface area contributed by atoms with Gasteiger partial charge in [-0.15, -0.1) is 0 Å². The van der Waals surface area contributed by atoms with Gasteiger partial charge in [0.1, 0.15) is 5.82 Å². The van der Waals surface area contributed by atoms with Crippen molar-refractivity contribution < 1.29 is 9.59 Å². The number of piperidine rings is 1. The number of carbonyl (C=O) groups is 2. The van der Waals surface area contributed by atoms with E-state index in [0.717, 1.165) is 24.0 Å². The first-order valence-corrected chi connectivity index (χ1v) is 9.37. The van der Waals surface area contributed by atoms with Gasteiger partial charge in [-0.25, -0.2) is 4.98 Å². The molecule has 1 unspecified atom stereocenters. The van der Waals surface area contributed by atoms with Crippen LogP contribution in [0.25, 0.3) is 0 Å². The molecule has 2 amide bonds. The Morgan fingerprint density at radius 2 is 2.07 bits per heavy atom. The first-order chi connectivity index (χ1) is 13.0. The lowest BCUT2D eigenvalue weighted by molar-refractivity contribution is -0.134. The van der Waals surface area contributed by atoms with Crippen molar-refractivity contribution in [3.63, 3.8) is 0 Å². The average Bonchev–Trinajstić information content (AvgIpc) is 2.69. The number of nitrogens with two attached hydrogens (primary N) is 1. The highest BCUT2D eigenvalue weighted by atomic mass is 16.2. The number of nitrogen functional groups attached to an aromatic ring is 1. The van der Waals surface area contributed by atoms with E-state index in [0.29, 0.717) is 37.4 Å². The summed E-state index contributed by atoms with van der Waals surface area (Å²) in [6.07, 6.45) is 4.36. The van der Waals surface area contributed by atoms with Crippen molar-refractivity contribution in [2.75, 3.05) is 24.1 Å². The number of para-hydroxylation sites is 1. The predicted molar refractivity (Wildman–Crippen MR) is 106 cm³/mol. The van der Waals surface area contributed by atoms with E-state index in [1.807, 2.05) is 37.3 Å². The Balaban J connectivity index is 1.53. The number of hydrogen-bond donors (Lipinski definition) is 2. The lowest BCUT2D eigenvalue weighted by Gasteiger charge is -2.32. The molecule has 0 radical (unpaired) electrons. The van der Waals surface area contributed by atoms with Crippen molar-refractivity contribution in [2.45, 2.75) is 32.6 Å². The van der Waals surface area contributed by atoms with E-state index < -0.39 is 0 Å². The smallest absolute Gasteiger partial charge is 0.230 e. The first kappa shape index (κ1) is 18.9. The van der Waals surface area contributed by atoms with Crippen LogP contribution in [0, 0.1) is 12.8 Å². The number of anilines is 2. The number of pyridine rings is 1. The highest BCUT2D eigenvalue weighted by Crippen LogP contribution is 2.20. The minimum atomic E-state index is -0.201. The van der Waals surface area contributed by atoms with E-state index in [9.17, 15) is 9.59 Å². The molecule has 0 aliphatic carbocycles. The number of hydrogen-bond acceptors (Lipinski definition) is 4. The van der Waals surface area contributed by atoms with Gasteiger partial charge in [0.2, 0.25) is 11.8 Å². The number of amides is 2. The Morgan fingerprint density at radius 3 is 2.81 bits per heavy atom. The molecule has 1 aliphatic rings. The van der Waals surface area contributed by atoms with Crippen LogP contribution in [0.3, 0.4) is 0 Å². The largest absolute Gasteiger partial charge is 0.399 e. The summed E-state index contributed by atoms with van der Waals surface area (Å²) >= 11 is 0. The summed E-state index contributed by atoms with van der Waals surface area (Å²) in [6, 6.07) is 11.3. The number of benzene rings is 1. The molecule has 1 aromatic heterocycles. The highest BCUT2D eigenvalue weighted by Gasteiger charge is 2.28. The maximum Gasteiger partial charge on any atom is 0.230 e. The molecule has 1 aliphatic heterocycles. The molecule has 3 rings (SSSR count). The molecule has 1 aromatic carbocycles. The van der Waals surface area contributed by atoms with Gasteiger partial charge in [-0.1, -0.05) is 24.3 Å². The quantitative estimate of drug-likeness (QED) is 0.797. The van der Waals surface area contributed by atoms with Gasteiger partial charge in [0.15, 0.2) is 0 Å². The molecule has 142 valence electrons. The Morgan fingerprint density at radius 1 is 1.26 bits per heavy atom. The fourth-order valence-corrected chi connectivity index (χ4v) is 3.35. The minimum Gasteiger partial charge on any atom is -0.399 e. The Kier molecular flexibility index (Phi) is 6.06. The molecule has 1 saturated heterocycles. The van der Waals surface area contributed by atoms with Crippen molar-refractivity contribution in [3.8, 4) is 0 Å². The third-order valence-corrected chi connectivity index (χ3v) is 4.97. The number of aryl methyl sites for hydroxylation is 2. The second-order valence-electron chi connectivity index (χ2n) is 7.09. The van der Waals surface area contributed by atoms with Crippen LogP contribution in [0.15, 0.2) is 42.6 Å². The normalized spacial score (nSPS) is 16.8. The fourth-order valence-electron chi connectivity index (χ4n) is 3.35. The molecular weight excluding hydrogens is 340 g/mol. The van der Waals surface area contributed by atoms with E-state index in [1.54, 1.807) is 17.2 Å². The molecule has 2 heterocycles. The Hall–Kier alpha value is -2.89. The number of aromatic nitrogens is 1. The van der Waals surface area contributed by atoms with Gasteiger partial charge in [-0.3, -0.25) is 9.59 Å². The van der Waals surface area contributed by atoms with Crippen LogP contribution >= 0.6 is 0 Å². The number of carbonyl (C=O) groups excluding carboxylic acids is 2. The summed E-state index contributed by atoms with van der Waals surface area (Å²) in [7, 11) is 0. The SMILES string of the molecule is Cc1ccc(NC(=O)C2CCCN(C(=O)CCc3ccccc3N)C2)nc1. The zero-order chi connectivity index (χ0) is 19.2. The van der Waals surface area contributed by atoms with Crippen LogP contribution < -0.4 is 11.1 Å². The Labute approximate surface area is 159 Å². The monoisotopic (exact) mass is 366 g/mol. The van der Waals surface area contributed by atoms with Crippen molar-refractivity contribution >= 4 is 23.3 Å². The molecule has 0 saturated carbocycles. The molecular formula is C21H26N4O2. The third kappa shape index (κ3) is 5.06. The van der Waals surface area contributed by atoms with Gasteiger partial charge in [0, 0.05) is 31.4 Å². The third-order valence-electron chi connectivity index (χ3n) is 4.97. The number of likely N-dealkylation sites (tertiary alicyclic amines) is 1. The van der Waals surface area contributed by atoms with Crippen LogP contribution in [0.2, 0.25) is 0 Å². The minimum absolute atomic E-state index is 0.0730. The van der Waals surface area contributed by atoms with Crippen molar-refractivity contribution in [2.24, 2.45) is 5.92 Å². The van der Waals surface area contributed by atoms with Crippen LogP contribution in [0.4, 0.5) is 11.5 Å². The van der Waals surface area contributed by atoms with E-state index in [4.69, 9.17) is 5.73 Å². The zero-order valence-electron chi connectivity index (χ0n) is 15.6. The van der Waals surface area contributed by atoms with E-state index in [2.05, 4.69) is 10.3 Å². The average molecular weight is 366 g/mol. The van der Waals surface area contributed by atoms with Crippen LogP contribution in [-0.4, -0.2) is 34.8 Å². The van der Waals surface area contributed by atoms with Crippen molar-refractivity contribution in [3.05, 3.63) is 53.7 Å². The van der Waals surface area contributed by atoms with Gasteiger partial charge in [-0.2, -0.15) is 0 Å². The second kappa shape index (κ2) is 8.66. The maximum absolute atomic E-state index is 12.6. The zero-order valence-corrected chi connectivity index (χ0v) is 15.6.